The van der Waals surface area contributed by atoms with E-state index in [1.54, 1.807) is 27.7 Å². The molecule has 14 heteroatoms. The van der Waals surface area contributed by atoms with Crippen LogP contribution in [-0.2, 0) is 42.8 Å². The number of ether oxygens (including phenoxy) is 6. The maximum absolute atomic E-state index is 13.0. The van der Waals surface area contributed by atoms with Crippen molar-refractivity contribution in [3.8, 4) is 0 Å². The summed E-state index contributed by atoms with van der Waals surface area (Å²) in [4.78, 5) is 38.2. The molecule has 0 radical (unpaired) electrons. The van der Waals surface area contributed by atoms with Crippen molar-refractivity contribution in [2.24, 2.45) is 11.8 Å². The van der Waals surface area contributed by atoms with Gasteiger partial charge in [-0.3, -0.25) is 14.4 Å². The quantitative estimate of drug-likeness (QED) is 0.0798. The summed E-state index contributed by atoms with van der Waals surface area (Å²) in [5, 5.41) is 52.0. The van der Waals surface area contributed by atoms with Crippen LogP contribution in [0.3, 0.4) is 0 Å². The first-order valence-electron chi connectivity index (χ1n) is 15.7. The highest BCUT2D eigenvalue weighted by Crippen LogP contribution is 2.39. The highest BCUT2D eigenvalue weighted by Gasteiger charge is 2.62. The molecule has 0 amide bonds. The summed E-state index contributed by atoms with van der Waals surface area (Å²) in [5.41, 5.74) is 0. The lowest BCUT2D eigenvalue weighted by atomic mass is 9.97. The van der Waals surface area contributed by atoms with Crippen molar-refractivity contribution in [1.29, 1.82) is 0 Å². The first-order chi connectivity index (χ1) is 20.8. The molecular formula is C30H52O14. The molecule has 0 aromatic rings. The fourth-order valence-electron chi connectivity index (χ4n) is 4.97. The van der Waals surface area contributed by atoms with E-state index in [9.17, 15) is 39.9 Å². The molecule has 9 atom stereocenters. The largest absolute Gasteiger partial charge is 0.455 e. The molecule has 0 spiro atoms. The van der Waals surface area contributed by atoms with Crippen LogP contribution in [0.1, 0.15) is 86.0 Å². The normalized spacial score (nSPS) is 32.2. The number of hydrogen-bond acceptors (Lipinski definition) is 14. The number of aliphatic hydroxyl groups is 5. The van der Waals surface area contributed by atoms with Gasteiger partial charge in [-0.15, -0.1) is 0 Å². The fraction of sp³-hybridized carbons (Fsp3) is 0.900. The molecule has 256 valence electrons. The number of carbonyl (C=O) groups excluding carboxylic acids is 3. The van der Waals surface area contributed by atoms with Gasteiger partial charge in [0.15, 0.2) is 18.3 Å². The van der Waals surface area contributed by atoms with Gasteiger partial charge >= 0.3 is 17.9 Å². The molecule has 0 unspecified atom stereocenters. The Labute approximate surface area is 258 Å². The van der Waals surface area contributed by atoms with Gasteiger partial charge in [-0.1, -0.05) is 73.1 Å². The third-order valence-corrected chi connectivity index (χ3v) is 7.68. The third kappa shape index (κ3) is 10.0. The molecule has 44 heavy (non-hydrogen) atoms. The van der Waals surface area contributed by atoms with E-state index in [4.69, 9.17) is 28.4 Å². The van der Waals surface area contributed by atoms with E-state index >= 15 is 0 Å². The van der Waals surface area contributed by atoms with Gasteiger partial charge in [-0.2, -0.15) is 0 Å². The Kier molecular flexibility index (Phi) is 15.9. The molecule has 2 aliphatic heterocycles. The number of carbonyl (C=O) groups is 3. The first-order valence-corrected chi connectivity index (χ1v) is 15.7. The monoisotopic (exact) mass is 636 g/mol. The minimum absolute atomic E-state index is 0.00292. The number of rotatable bonds is 18. The number of esters is 3. The van der Waals surface area contributed by atoms with Crippen LogP contribution in [0.15, 0.2) is 0 Å². The van der Waals surface area contributed by atoms with Gasteiger partial charge in [0.25, 0.3) is 0 Å². The summed E-state index contributed by atoms with van der Waals surface area (Å²) < 4.78 is 34.0. The van der Waals surface area contributed by atoms with Gasteiger partial charge in [0, 0.05) is 6.42 Å². The zero-order valence-electron chi connectivity index (χ0n) is 26.5. The van der Waals surface area contributed by atoms with Gasteiger partial charge in [0.05, 0.1) is 25.0 Å². The van der Waals surface area contributed by atoms with Gasteiger partial charge < -0.3 is 54.0 Å². The molecule has 14 nitrogen and oxygen atoms in total. The lowest BCUT2D eigenvalue weighted by Crippen LogP contribution is -2.65. The highest BCUT2D eigenvalue weighted by molar-refractivity contribution is 5.72. The van der Waals surface area contributed by atoms with Crippen LogP contribution in [0.2, 0.25) is 0 Å². The molecule has 0 aliphatic carbocycles. The van der Waals surface area contributed by atoms with E-state index in [0.717, 1.165) is 38.5 Å². The van der Waals surface area contributed by atoms with Gasteiger partial charge in [0.1, 0.15) is 31.0 Å². The Hall–Kier alpha value is -1.91. The van der Waals surface area contributed by atoms with Crippen molar-refractivity contribution >= 4 is 17.9 Å². The van der Waals surface area contributed by atoms with Crippen LogP contribution in [0.25, 0.3) is 0 Å². The summed E-state index contributed by atoms with van der Waals surface area (Å²) in [7, 11) is 0. The molecule has 0 saturated carbocycles. The van der Waals surface area contributed by atoms with Crippen molar-refractivity contribution in [2.45, 2.75) is 141 Å². The average molecular weight is 637 g/mol. The molecule has 0 aromatic heterocycles. The molecule has 2 rings (SSSR count). The van der Waals surface area contributed by atoms with E-state index in [-0.39, 0.29) is 6.42 Å². The zero-order chi connectivity index (χ0) is 33.0. The third-order valence-electron chi connectivity index (χ3n) is 7.68. The lowest BCUT2D eigenvalue weighted by molar-refractivity contribution is -0.384. The number of unbranched alkanes of at least 4 members (excludes halogenated alkanes) is 6. The number of aliphatic hydroxyl groups excluding tert-OH is 5. The van der Waals surface area contributed by atoms with Gasteiger partial charge in [-0.05, 0) is 6.42 Å². The van der Waals surface area contributed by atoms with Crippen LogP contribution in [0.4, 0.5) is 0 Å². The van der Waals surface area contributed by atoms with E-state index in [0.29, 0.717) is 6.42 Å². The van der Waals surface area contributed by atoms with E-state index in [1.807, 2.05) is 0 Å². The van der Waals surface area contributed by atoms with Gasteiger partial charge in [0.2, 0.25) is 12.1 Å². The predicted octanol–water partition coefficient (Wildman–Crippen LogP) is 0.710. The lowest BCUT2D eigenvalue weighted by Gasteiger charge is -2.45. The summed E-state index contributed by atoms with van der Waals surface area (Å²) in [5.74, 6) is -5.85. The Morgan fingerprint density at radius 3 is 1.86 bits per heavy atom. The molecule has 2 aliphatic rings. The topological polar surface area (TPSA) is 208 Å². The van der Waals surface area contributed by atoms with Crippen molar-refractivity contribution in [1.82, 2.24) is 0 Å². The summed E-state index contributed by atoms with van der Waals surface area (Å²) >= 11 is 0. The van der Waals surface area contributed by atoms with Crippen LogP contribution in [0.5, 0.6) is 0 Å². The molecular weight excluding hydrogens is 584 g/mol. The van der Waals surface area contributed by atoms with E-state index < -0.39 is 104 Å². The minimum atomic E-state index is -2.35. The summed E-state index contributed by atoms with van der Waals surface area (Å²) in [6.07, 6.45) is -6.06. The van der Waals surface area contributed by atoms with Crippen molar-refractivity contribution in [3.63, 3.8) is 0 Å². The fourth-order valence-corrected chi connectivity index (χ4v) is 4.97. The van der Waals surface area contributed by atoms with E-state index in [2.05, 4.69) is 6.92 Å². The molecule has 0 aromatic carbocycles. The van der Waals surface area contributed by atoms with E-state index in [1.165, 1.54) is 0 Å². The van der Waals surface area contributed by atoms with Crippen LogP contribution in [-0.4, -0.2) is 118 Å². The Bertz CT molecular complexity index is 897. The molecule has 5 N–H and O–H groups in total. The molecule has 2 fully saturated rings. The Morgan fingerprint density at radius 1 is 0.750 bits per heavy atom. The molecule has 0 bridgehead atoms. The number of hydrogen-bond donors (Lipinski definition) is 5. The SMILES string of the molecule is CCCCCCCCCC(=O)O[C@H]1[C@@H](O[C@]2(CO)O[C@H](CO)[C@@H](O)[C@@H]2OC(=O)C(C)C)O[C@H](CO)[C@@H](O)[C@@H]1OC(=O)C(C)C. The molecule has 2 saturated heterocycles. The summed E-state index contributed by atoms with van der Waals surface area (Å²) in [6, 6.07) is 0. The Morgan fingerprint density at radius 2 is 1.32 bits per heavy atom. The van der Waals surface area contributed by atoms with Crippen molar-refractivity contribution in [2.75, 3.05) is 19.8 Å². The second-order valence-corrected chi connectivity index (χ2v) is 12.0. The standard InChI is InChI=1S/C30H52O14/c1-6-7-8-9-10-11-12-13-21(34)40-25-24(41-27(37)17(2)3)22(35)19(14-31)39-29(25)44-30(16-33)26(42-28(38)18(4)5)23(36)20(15-32)43-30/h17-20,22-26,29,31-33,35-36H,6-16H2,1-5H3/t19-,20-,22-,23-,24+,25-,26+,29-,30+/m1/s1. The van der Waals surface area contributed by atoms with Crippen LogP contribution in [0, 0.1) is 11.8 Å². The predicted molar refractivity (Wildman–Crippen MR) is 153 cm³/mol. The first kappa shape index (κ1) is 38.3. The smallest absolute Gasteiger partial charge is 0.308 e. The van der Waals surface area contributed by atoms with Crippen molar-refractivity contribution < 1.29 is 68.3 Å². The Balaban J connectivity index is 2.38. The average Bonchev–Trinajstić information content (AvgIpc) is 3.25. The molecule has 2 heterocycles. The highest BCUT2D eigenvalue weighted by atomic mass is 16.8. The van der Waals surface area contributed by atoms with Crippen LogP contribution >= 0.6 is 0 Å². The zero-order valence-corrected chi connectivity index (χ0v) is 26.5. The second kappa shape index (κ2) is 18.3. The minimum Gasteiger partial charge on any atom is -0.455 e. The van der Waals surface area contributed by atoms with Crippen molar-refractivity contribution in [3.05, 3.63) is 0 Å². The maximum Gasteiger partial charge on any atom is 0.308 e. The maximum atomic E-state index is 13.0. The second-order valence-electron chi connectivity index (χ2n) is 12.0. The van der Waals surface area contributed by atoms with Gasteiger partial charge in [-0.25, -0.2) is 0 Å². The van der Waals surface area contributed by atoms with Crippen LogP contribution < -0.4 is 0 Å². The summed E-state index contributed by atoms with van der Waals surface area (Å²) in [6.45, 7) is 5.79.